The minimum absolute atomic E-state index is 0.249. The van der Waals surface area contributed by atoms with E-state index in [0.29, 0.717) is 5.56 Å². The smallest absolute Gasteiger partial charge is 0.323 e. The summed E-state index contributed by atoms with van der Waals surface area (Å²) in [6, 6.07) is 3.78. The first kappa shape index (κ1) is 18.4. The maximum atomic E-state index is 12.7. The molecule has 1 aromatic carbocycles. The average Bonchev–Trinajstić information content (AvgIpc) is 2.28. The zero-order valence-corrected chi connectivity index (χ0v) is 17.7. The number of hydrogen-bond acceptors (Lipinski definition) is 2. The third-order valence-corrected chi connectivity index (χ3v) is 6.24. The molecule has 0 radical (unpaired) electrons. The van der Waals surface area contributed by atoms with Crippen molar-refractivity contribution in [1.29, 1.82) is 0 Å². The lowest BCUT2D eigenvalue weighted by atomic mass is 10.0. The van der Waals surface area contributed by atoms with Crippen LogP contribution in [-0.4, -0.2) is 34.0 Å². The van der Waals surface area contributed by atoms with E-state index in [1.165, 1.54) is 4.90 Å². The molecule has 0 bridgehead atoms. The fraction of sp³-hybridized carbons (Fsp3) is 0.385. The van der Waals surface area contributed by atoms with Crippen LogP contribution >= 0.6 is 67.8 Å². The topological polar surface area (TPSA) is 57.6 Å². The highest BCUT2D eigenvalue weighted by Gasteiger charge is 2.30. The lowest BCUT2D eigenvalue weighted by Crippen LogP contribution is -2.48. The molecule has 0 fully saturated rings. The Hall–Kier alpha value is 0.350. The number of amides is 1. The first-order chi connectivity index (χ1) is 9.04. The SMILES string of the molecule is CC(C)(C)N(CC(=O)O)C(=O)c1cc(I)cc(I)c1I. The van der Waals surface area contributed by atoms with Gasteiger partial charge in [0.1, 0.15) is 6.54 Å². The molecule has 110 valence electrons. The van der Waals surface area contributed by atoms with E-state index in [4.69, 9.17) is 5.11 Å². The van der Waals surface area contributed by atoms with Crippen molar-refractivity contribution in [3.05, 3.63) is 28.4 Å². The Morgan fingerprint density at radius 2 is 1.75 bits per heavy atom. The molecule has 7 heteroatoms. The maximum absolute atomic E-state index is 12.7. The molecule has 0 heterocycles. The Morgan fingerprint density at radius 1 is 1.20 bits per heavy atom. The van der Waals surface area contributed by atoms with Crippen LogP contribution in [0.5, 0.6) is 0 Å². The predicted octanol–water partition coefficient (Wildman–Crippen LogP) is 3.83. The molecule has 0 unspecified atom stereocenters. The normalized spacial score (nSPS) is 11.3. The van der Waals surface area contributed by atoms with Crippen LogP contribution in [0.3, 0.4) is 0 Å². The standard InChI is InChI=1S/C13H14I3NO3/c1-13(2,3)17(6-10(18)19)12(20)8-4-7(14)5-9(15)11(8)16/h4-5H,6H2,1-3H3,(H,18,19). The third-order valence-electron chi connectivity index (χ3n) is 2.57. The summed E-state index contributed by atoms with van der Waals surface area (Å²) in [5.74, 6) is -1.26. The fourth-order valence-electron chi connectivity index (χ4n) is 1.61. The fourth-order valence-corrected chi connectivity index (χ4v) is 3.99. The summed E-state index contributed by atoms with van der Waals surface area (Å²) in [7, 11) is 0. The summed E-state index contributed by atoms with van der Waals surface area (Å²) in [5, 5.41) is 9.02. The Morgan fingerprint density at radius 3 is 2.20 bits per heavy atom. The first-order valence-electron chi connectivity index (χ1n) is 5.72. The van der Waals surface area contributed by atoms with Gasteiger partial charge in [0.2, 0.25) is 0 Å². The van der Waals surface area contributed by atoms with Gasteiger partial charge in [0.05, 0.1) is 5.56 Å². The number of carbonyl (C=O) groups is 2. The van der Waals surface area contributed by atoms with Crippen molar-refractivity contribution in [2.24, 2.45) is 0 Å². The number of nitrogens with zero attached hydrogens (tertiary/aromatic N) is 1. The molecular weight excluding hydrogens is 599 g/mol. The highest BCUT2D eigenvalue weighted by atomic mass is 127. The second-order valence-corrected chi connectivity index (χ2v) is 8.69. The summed E-state index contributed by atoms with van der Waals surface area (Å²) >= 11 is 6.46. The van der Waals surface area contributed by atoms with Crippen molar-refractivity contribution in [1.82, 2.24) is 4.90 Å². The Labute approximate surface area is 159 Å². The lowest BCUT2D eigenvalue weighted by molar-refractivity contribution is -0.138. The maximum Gasteiger partial charge on any atom is 0.323 e. The van der Waals surface area contributed by atoms with Crippen LogP contribution < -0.4 is 0 Å². The highest BCUT2D eigenvalue weighted by molar-refractivity contribution is 14.1. The number of aliphatic carboxylic acids is 1. The summed E-state index contributed by atoms with van der Waals surface area (Å²) in [5.41, 5.74) is 0.00344. The molecule has 1 aromatic rings. The van der Waals surface area contributed by atoms with Crippen LogP contribution in [0.4, 0.5) is 0 Å². The third kappa shape index (κ3) is 4.68. The van der Waals surface area contributed by atoms with E-state index in [9.17, 15) is 9.59 Å². The van der Waals surface area contributed by atoms with Crippen LogP contribution in [0.25, 0.3) is 0 Å². The van der Waals surface area contributed by atoms with E-state index < -0.39 is 11.5 Å². The Balaban J connectivity index is 3.29. The van der Waals surface area contributed by atoms with Gasteiger partial charge in [-0.1, -0.05) is 0 Å². The number of carboxylic acid groups (broad SMARTS) is 1. The molecule has 0 saturated carbocycles. The Bertz CT molecular complexity index is 553. The van der Waals surface area contributed by atoms with Crippen molar-refractivity contribution < 1.29 is 14.7 Å². The van der Waals surface area contributed by atoms with Crippen LogP contribution in [0, 0.1) is 10.7 Å². The molecule has 0 aliphatic heterocycles. The summed E-state index contributed by atoms with van der Waals surface area (Å²) in [4.78, 5) is 25.1. The number of hydrogen-bond donors (Lipinski definition) is 1. The van der Waals surface area contributed by atoms with E-state index in [1.807, 2.05) is 26.8 Å². The number of carboxylic acids is 1. The lowest BCUT2D eigenvalue weighted by Gasteiger charge is -2.34. The zero-order valence-electron chi connectivity index (χ0n) is 11.2. The number of benzene rings is 1. The zero-order chi connectivity index (χ0) is 15.7. The predicted molar refractivity (Wildman–Crippen MR) is 103 cm³/mol. The van der Waals surface area contributed by atoms with Gasteiger partial charge in [-0.25, -0.2) is 0 Å². The molecule has 0 atom stereocenters. The van der Waals surface area contributed by atoms with Crippen LogP contribution in [0.15, 0.2) is 12.1 Å². The van der Waals surface area contributed by atoms with Crippen molar-refractivity contribution >= 4 is 79.6 Å². The number of rotatable bonds is 3. The van der Waals surface area contributed by atoms with Crippen LogP contribution in [0.1, 0.15) is 31.1 Å². The quantitative estimate of drug-likeness (QED) is 0.417. The molecular formula is C13H14I3NO3. The molecule has 0 aromatic heterocycles. The highest BCUT2D eigenvalue weighted by Crippen LogP contribution is 2.26. The molecule has 1 rings (SSSR count). The van der Waals surface area contributed by atoms with Gasteiger partial charge in [-0.3, -0.25) is 9.59 Å². The van der Waals surface area contributed by atoms with Crippen LogP contribution in [0.2, 0.25) is 0 Å². The number of carbonyl (C=O) groups excluding carboxylic acids is 1. The van der Waals surface area contributed by atoms with E-state index in [2.05, 4.69) is 67.8 Å². The van der Waals surface area contributed by atoms with Gasteiger partial charge in [-0.05, 0) is 101 Å². The van der Waals surface area contributed by atoms with Crippen molar-refractivity contribution in [2.75, 3.05) is 6.54 Å². The molecule has 20 heavy (non-hydrogen) atoms. The van der Waals surface area contributed by atoms with Gasteiger partial charge < -0.3 is 10.0 Å². The molecule has 0 aliphatic carbocycles. The van der Waals surface area contributed by atoms with E-state index in [1.54, 1.807) is 6.07 Å². The van der Waals surface area contributed by atoms with Gasteiger partial charge in [0.15, 0.2) is 0 Å². The summed E-state index contributed by atoms with van der Waals surface area (Å²) < 4.78 is 2.80. The van der Waals surface area contributed by atoms with Gasteiger partial charge in [0, 0.05) is 16.2 Å². The van der Waals surface area contributed by atoms with E-state index >= 15 is 0 Å². The second kappa shape index (κ2) is 7.07. The van der Waals surface area contributed by atoms with E-state index in [0.717, 1.165) is 10.7 Å². The minimum Gasteiger partial charge on any atom is -0.480 e. The van der Waals surface area contributed by atoms with Crippen molar-refractivity contribution in [3.8, 4) is 0 Å². The summed E-state index contributed by atoms with van der Waals surface area (Å²) in [6.45, 7) is 5.19. The van der Waals surface area contributed by atoms with Gasteiger partial charge in [-0.2, -0.15) is 0 Å². The average molecular weight is 613 g/mol. The molecule has 0 spiro atoms. The molecule has 4 nitrogen and oxygen atoms in total. The van der Waals surface area contributed by atoms with Crippen LogP contribution in [-0.2, 0) is 4.79 Å². The van der Waals surface area contributed by atoms with E-state index in [-0.39, 0.29) is 12.5 Å². The van der Waals surface area contributed by atoms with Crippen molar-refractivity contribution in [2.45, 2.75) is 26.3 Å². The van der Waals surface area contributed by atoms with Gasteiger partial charge in [-0.15, -0.1) is 0 Å². The van der Waals surface area contributed by atoms with Gasteiger partial charge in [0.25, 0.3) is 5.91 Å². The first-order valence-corrected chi connectivity index (χ1v) is 8.96. The largest absolute Gasteiger partial charge is 0.480 e. The molecule has 1 N–H and O–H groups in total. The molecule has 1 amide bonds. The Kier molecular flexibility index (Phi) is 6.51. The van der Waals surface area contributed by atoms with Crippen molar-refractivity contribution in [3.63, 3.8) is 0 Å². The monoisotopic (exact) mass is 613 g/mol. The van der Waals surface area contributed by atoms with Gasteiger partial charge >= 0.3 is 5.97 Å². The second-order valence-electron chi connectivity index (χ2n) is 5.21. The molecule has 0 saturated heterocycles. The molecule has 0 aliphatic rings. The number of halogens is 3. The minimum atomic E-state index is -1.01. The summed E-state index contributed by atoms with van der Waals surface area (Å²) in [6.07, 6.45) is 0.